The highest BCUT2D eigenvalue weighted by atomic mass is 79.9. The molecule has 0 fully saturated rings. The number of hydrogen-bond donors (Lipinski definition) is 0. The SMILES string of the molecule is Cc1cc(Br)c([N+](=O)[O-])c(Br)c1-c1ccc(C=O)o1. The van der Waals surface area contributed by atoms with E-state index in [1.807, 2.05) is 0 Å². The van der Waals surface area contributed by atoms with Gasteiger partial charge in [-0.1, -0.05) is 0 Å². The van der Waals surface area contributed by atoms with Gasteiger partial charge in [-0.05, 0) is 62.5 Å². The number of nitrogens with zero attached hydrogens (tertiary/aromatic N) is 1. The first-order valence-electron chi connectivity index (χ1n) is 5.14. The van der Waals surface area contributed by atoms with Crippen LogP contribution in [0.1, 0.15) is 16.1 Å². The zero-order valence-corrected chi connectivity index (χ0v) is 12.8. The van der Waals surface area contributed by atoms with E-state index in [4.69, 9.17) is 4.42 Å². The van der Waals surface area contributed by atoms with Crippen molar-refractivity contribution in [3.63, 3.8) is 0 Å². The number of carbonyl (C=O) groups excluding carboxylic acids is 1. The van der Waals surface area contributed by atoms with E-state index in [1.165, 1.54) is 6.07 Å². The number of hydrogen-bond acceptors (Lipinski definition) is 4. The van der Waals surface area contributed by atoms with Gasteiger partial charge in [-0.3, -0.25) is 14.9 Å². The molecule has 1 heterocycles. The minimum Gasteiger partial charge on any atom is -0.453 e. The first-order valence-corrected chi connectivity index (χ1v) is 6.72. The Hall–Kier alpha value is -1.47. The van der Waals surface area contributed by atoms with E-state index in [9.17, 15) is 14.9 Å². The van der Waals surface area contributed by atoms with Crippen molar-refractivity contribution in [2.24, 2.45) is 0 Å². The van der Waals surface area contributed by atoms with Crippen molar-refractivity contribution in [3.05, 3.63) is 48.6 Å². The quantitative estimate of drug-likeness (QED) is 0.440. The number of nitro benzene ring substituents is 1. The normalized spacial score (nSPS) is 10.5. The summed E-state index contributed by atoms with van der Waals surface area (Å²) in [5, 5.41) is 11.1. The first-order chi connectivity index (χ1) is 8.95. The van der Waals surface area contributed by atoms with Gasteiger partial charge in [0.2, 0.25) is 0 Å². The van der Waals surface area contributed by atoms with Crippen LogP contribution in [0.15, 0.2) is 31.6 Å². The Morgan fingerprint density at radius 2 is 2.05 bits per heavy atom. The molecule has 0 bridgehead atoms. The van der Waals surface area contributed by atoms with Crippen molar-refractivity contribution < 1.29 is 14.1 Å². The van der Waals surface area contributed by atoms with E-state index in [0.717, 1.165) is 5.56 Å². The minimum atomic E-state index is -0.485. The summed E-state index contributed by atoms with van der Waals surface area (Å²) < 4.78 is 6.02. The topological polar surface area (TPSA) is 73.3 Å². The third kappa shape index (κ3) is 2.48. The van der Waals surface area contributed by atoms with Gasteiger partial charge < -0.3 is 4.42 Å². The summed E-state index contributed by atoms with van der Waals surface area (Å²) in [4.78, 5) is 21.2. The lowest BCUT2D eigenvalue weighted by Gasteiger charge is -2.08. The fraction of sp³-hybridized carbons (Fsp3) is 0.0833. The van der Waals surface area contributed by atoms with Crippen LogP contribution in [-0.4, -0.2) is 11.2 Å². The van der Waals surface area contributed by atoms with Crippen LogP contribution in [0.2, 0.25) is 0 Å². The number of furan rings is 1. The number of aldehydes is 1. The first kappa shape index (κ1) is 14.0. The minimum absolute atomic E-state index is 0.0790. The molecule has 98 valence electrons. The summed E-state index contributed by atoms with van der Waals surface area (Å²) in [6.07, 6.45) is 0.583. The number of aryl methyl sites for hydroxylation is 1. The summed E-state index contributed by atoms with van der Waals surface area (Å²) in [6, 6.07) is 4.76. The molecule has 0 aliphatic carbocycles. The van der Waals surface area contributed by atoms with Gasteiger partial charge in [0.25, 0.3) is 5.69 Å². The van der Waals surface area contributed by atoms with E-state index >= 15 is 0 Å². The molecular formula is C12H7Br2NO4. The fourth-order valence-corrected chi connectivity index (χ4v) is 3.57. The molecule has 2 rings (SSSR count). The summed E-state index contributed by atoms with van der Waals surface area (Å²) in [7, 11) is 0. The monoisotopic (exact) mass is 387 g/mol. The van der Waals surface area contributed by atoms with Crippen LogP contribution in [0.3, 0.4) is 0 Å². The van der Waals surface area contributed by atoms with Gasteiger partial charge in [-0.15, -0.1) is 0 Å². The standard InChI is InChI=1S/C12H7Br2NO4/c1-6-4-8(13)12(15(17)18)11(14)10(6)9-3-2-7(5-16)19-9/h2-5H,1H3. The molecule has 19 heavy (non-hydrogen) atoms. The lowest BCUT2D eigenvalue weighted by Crippen LogP contribution is -1.95. The Labute approximate surface area is 125 Å². The highest BCUT2D eigenvalue weighted by Gasteiger charge is 2.24. The average molecular weight is 389 g/mol. The molecule has 0 unspecified atom stereocenters. The van der Waals surface area contributed by atoms with Gasteiger partial charge in [0.05, 0.1) is 9.40 Å². The maximum Gasteiger partial charge on any atom is 0.298 e. The molecule has 0 N–H and O–H groups in total. The number of halogens is 2. The van der Waals surface area contributed by atoms with E-state index in [1.54, 1.807) is 19.1 Å². The molecule has 0 radical (unpaired) electrons. The van der Waals surface area contributed by atoms with E-state index < -0.39 is 4.92 Å². The molecule has 0 aliphatic rings. The summed E-state index contributed by atoms with van der Waals surface area (Å²) in [5.74, 6) is 0.578. The van der Waals surface area contributed by atoms with Crippen molar-refractivity contribution in [1.82, 2.24) is 0 Å². The van der Waals surface area contributed by atoms with Gasteiger partial charge in [-0.2, -0.15) is 0 Å². The van der Waals surface area contributed by atoms with Crippen LogP contribution in [-0.2, 0) is 0 Å². The Kier molecular flexibility index (Phi) is 3.86. The Bertz CT molecular complexity index is 679. The molecule has 0 atom stereocenters. The highest BCUT2D eigenvalue weighted by molar-refractivity contribution is 9.11. The Morgan fingerprint density at radius 3 is 2.58 bits per heavy atom. The zero-order valence-electron chi connectivity index (χ0n) is 9.65. The van der Waals surface area contributed by atoms with Crippen molar-refractivity contribution in [2.45, 2.75) is 6.92 Å². The largest absolute Gasteiger partial charge is 0.453 e. The second kappa shape index (κ2) is 5.26. The van der Waals surface area contributed by atoms with Crippen LogP contribution in [0, 0.1) is 17.0 Å². The Morgan fingerprint density at radius 1 is 1.37 bits per heavy atom. The van der Waals surface area contributed by atoms with E-state index in [2.05, 4.69) is 31.9 Å². The van der Waals surface area contributed by atoms with Crippen LogP contribution in [0.5, 0.6) is 0 Å². The third-order valence-electron chi connectivity index (χ3n) is 2.56. The fourth-order valence-electron chi connectivity index (χ4n) is 1.75. The van der Waals surface area contributed by atoms with Crippen LogP contribution in [0.4, 0.5) is 5.69 Å². The van der Waals surface area contributed by atoms with Gasteiger partial charge >= 0.3 is 0 Å². The molecule has 5 nitrogen and oxygen atoms in total. The number of nitro groups is 1. The summed E-state index contributed by atoms with van der Waals surface area (Å²) >= 11 is 6.40. The molecule has 0 amide bonds. The average Bonchev–Trinajstić information content (AvgIpc) is 2.76. The van der Waals surface area contributed by atoms with Crippen molar-refractivity contribution in [3.8, 4) is 11.3 Å². The molecule has 1 aromatic heterocycles. The lowest BCUT2D eigenvalue weighted by molar-refractivity contribution is -0.386. The number of benzene rings is 1. The summed E-state index contributed by atoms with van der Waals surface area (Å²) in [6.45, 7) is 1.80. The van der Waals surface area contributed by atoms with Crippen molar-refractivity contribution in [2.75, 3.05) is 0 Å². The molecular weight excluding hydrogens is 382 g/mol. The Balaban J connectivity index is 2.72. The molecule has 0 saturated carbocycles. The second-order valence-corrected chi connectivity index (χ2v) is 5.44. The van der Waals surface area contributed by atoms with Crippen molar-refractivity contribution in [1.29, 1.82) is 0 Å². The van der Waals surface area contributed by atoms with Gasteiger partial charge in [0.1, 0.15) is 10.2 Å². The highest BCUT2D eigenvalue weighted by Crippen LogP contribution is 2.42. The molecule has 7 heteroatoms. The van der Waals surface area contributed by atoms with Crippen LogP contribution < -0.4 is 0 Å². The maximum absolute atomic E-state index is 11.1. The molecule has 1 aromatic carbocycles. The lowest BCUT2D eigenvalue weighted by atomic mass is 10.1. The predicted molar refractivity (Wildman–Crippen MR) is 76.3 cm³/mol. The maximum atomic E-state index is 11.1. The summed E-state index contributed by atoms with van der Waals surface area (Å²) in [5.41, 5.74) is 1.27. The number of carbonyl (C=O) groups is 1. The van der Waals surface area contributed by atoms with E-state index in [0.29, 0.717) is 26.6 Å². The van der Waals surface area contributed by atoms with Gasteiger partial charge in [0.15, 0.2) is 12.0 Å². The second-order valence-electron chi connectivity index (χ2n) is 3.79. The zero-order chi connectivity index (χ0) is 14.2. The predicted octanol–water partition coefficient (Wildman–Crippen LogP) is 4.50. The number of rotatable bonds is 3. The molecule has 0 saturated heterocycles. The van der Waals surface area contributed by atoms with Crippen LogP contribution in [0.25, 0.3) is 11.3 Å². The van der Waals surface area contributed by atoms with Crippen LogP contribution >= 0.6 is 31.9 Å². The van der Waals surface area contributed by atoms with Gasteiger partial charge in [0, 0.05) is 5.56 Å². The van der Waals surface area contributed by atoms with E-state index in [-0.39, 0.29) is 11.4 Å². The third-order valence-corrected chi connectivity index (χ3v) is 3.94. The molecule has 2 aromatic rings. The van der Waals surface area contributed by atoms with Gasteiger partial charge in [-0.25, -0.2) is 0 Å². The van der Waals surface area contributed by atoms with Crippen molar-refractivity contribution >= 4 is 43.8 Å². The molecule has 0 aliphatic heterocycles. The molecule has 0 spiro atoms. The smallest absolute Gasteiger partial charge is 0.298 e.